The molecule has 6 heteroatoms. The molecule has 0 amide bonds. The lowest BCUT2D eigenvalue weighted by atomic mass is 10.0. The molecule has 0 saturated carbocycles. The van der Waals surface area contributed by atoms with E-state index in [4.69, 9.17) is 19.7 Å². The standard InChI is InChI=1S/C15H27N3O3/c1-3-9-19-11-15(2,16)14-17-13(21-18-14)8-7-12-6-4-5-10-20-12/h12H,3-11,16H2,1-2H3. The van der Waals surface area contributed by atoms with Gasteiger partial charge in [0.2, 0.25) is 5.89 Å². The van der Waals surface area contributed by atoms with Gasteiger partial charge in [0.25, 0.3) is 0 Å². The Morgan fingerprint density at radius 3 is 3.00 bits per heavy atom. The van der Waals surface area contributed by atoms with Crippen molar-refractivity contribution >= 4 is 0 Å². The van der Waals surface area contributed by atoms with Crippen LogP contribution in [0.5, 0.6) is 0 Å². The summed E-state index contributed by atoms with van der Waals surface area (Å²) < 4.78 is 16.5. The Labute approximate surface area is 126 Å². The van der Waals surface area contributed by atoms with Crippen LogP contribution in [0, 0.1) is 0 Å². The predicted molar refractivity (Wildman–Crippen MR) is 78.9 cm³/mol. The fourth-order valence-electron chi connectivity index (χ4n) is 2.40. The van der Waals surface area contributed by atoms with E-state index in [1.165, 1.54) is 12.8 Å². The second-order valence-corrected chi connectivity index (χ2v) is 6.01. The smallest absolute Gasteiger partial charge is 0.226 e. The monoisotopic (exact) mass is 297 g/mol. The van der Waals surface area contributed by atoms with Crippen molar-refractivity contribution in [3.05, 3.63) is 11.7 Å². The van der Waals surface area contributed by atoms with E-state index < -0.39 is 5.54 Å². The molecule has 2 unspecified atom stereocenters. The second-order valence-electron chi connectivity index (χ2n) is 6.01. The highest BCUT2D eigenvalue weighted by Gasteiger charge is 2.28. The van der Waals surface area contributed by atoms with Gasteiger partial charge in [0, 0.05) is 19.6 Å². The van der Waals surface area contributed by atoms with Gasteiger partial charge in [-0.05, 0) is 39.0 Å². The highest BCUT2D eigenvalue weighted by molar-refractivity contribution is 5.02. The Morgan fingerprint density at radius 1 is 1.43 bits per heavy atom. The molecule has 120 valence electrons. The Hall–Kier alpha value is -0.980. The molecule has 1 aromatic rings. The van der Waals surface area contributed by atoms with Crippen molar-refractivity contribution in [3.63, 3.8) is 0 Å². The molecule has 1 aliphatic rings. The average molecular weight is 297 g/mol. The quantitative estimate of drug-likeness (QED) is 0.740. The molecule has 1 saturated heterocycles. The van der Waals surface area contributed by atoms with Crippen molar-refractivity contribution in [3.8, 4) is 0 Å². The van der Waals surface area contributed by atoms with Crippen LogP contribution in [0.2, 0.25) is 0 Å². The molecule has 2 N–H and O–H groups in total. The van der Waals surface area contributed by atoms with Crippen molar-refractivity contribution < 1.29 is 14.0 Å². The summed E-state index contributed by atoms with van der Waals surface area (Å²) >= 11 is 0. The van der Waals surface area contributed by atoms with Gasteiger partial charge >= 0.3 is 0 Å². The molecule has 0 radical (unpaired) electrons. The van der Waals surface area contributed by atoms with E-state index in [1.54, 1.807) is 0 Å². The Morgan fingerprint density at radius 2 is 2.29 bits per heavy atom. The molecule has 1 fully saturated rings. The Kier molecular flexibility index (Phi) is 6.14. The number of aromatic nitrogens is 2. The molecule has 6 nitrogen and oxygen atoms in total. The number of aryl methyl sites for hydroxylation is 1. The predicted octanol–water partition coefficient (Wildman–Crippen LogP) is 2.17. The number of ether oxygens (including phenoxy) is 2. The summed E-state index contributed by atoms with van der Waals surface area (Å²) in [7, 11) is 0. The molecule has 0 aliphatic carbocycles. The average Bonchev–Trinajstić information content (AvgIpc) is 2.96. The van der Waals surface area contributed by atoms with E-state index in [1.807, 2.05) is 6.92 Å². The molecule has 1 aliphatic heterocycles. The van der Waals surface area contributed by atoms with E-state index >= 15 is 0 Å². The van der Waals surface area contributed by atoms with Crippen LogP contribution in [0.3, 0.4) is 0 Å². The summed E-state index contributed by atoms with van der Waals surface area (Å²) in [6, 6.07) is 0. The summed E-state index contributed by atoms with van der Waals surface area (Å²) in [5.41, 5.74) is 5.49. The number of rotatable bonds is 8. The van der Waals surface area contributed by atoms with Crippen LogP contribution < -0.4 is 5.73 Å². The van der Waals surface area contributed by atoms with Gasteiger partial charge in [-0.15, -0.1) is 0 Å². The highest BCUT2D eigenvalue weighted by Crippen LogP contribution is 2.19. The zero-order valence-corrected chi connectivity index (χ0v) is 13.1. The first kappa shape index (κ1) is 16.4. The van der Waals surface area contributed by atoms with E-state index in [9.17, 15) is 0 Å². The molecular formula is C15H27N3O3. The zero-order chi connectivity index (χ0) is 15.1. The molecule has 0 aromatic carbocycles. The first-order valence-corrected chi connectivity index (χ1v) is 7.93. The largest absolute Gasteiger partial charge is 0.379 e. The van der Waals surface area contributed by atoms with Crippen molar-refractivity contribution in [2.45, 2.75) is 64.0 Å². The summed E-state index contributed by atoms with van der Waals surface area (Å²) in [6.45, 7) is 5.88. The van der Waals surface area contributed by atoms with Gasteiger partial charge in [-0.25, -0.2) is 0 Å². The molecular weight excluding hydrogens is 270 g/mol. The lowest BCUT2D eigenvalue weighted by Crippen LogP contribution is -2.39. The molecule has 21 heavy (non-hydrogen) atoms. The first-order valence-electron chi connectivity index (χ1n) is 7.93. The molecule has 0 bridgehead atoms. The zero-order valence-electron chi connectivity index (χ0n) is 13.1. The third-order valence-corrected chi connectivity index (χ3v) is 3.68. The number of nitrogens with two attached hydrogens (primary N) is 1. The SMILES string of the molecule is CCCOCC(C)(N)c1noc(CCC2CCCCO2)n1. The van der Waals surface area contributed by atoms with E-state index in [2.05, 4.69) is 17.1 Å². The summed E-state index contributed by atoms with van der Waals surface area (Å²) in [6.07, 6.45) is 6.50. The van der Waals surface area contributed by atoms with Gasteiger partial charge in [0.15, 0.2) is 5.82 Å². The Balaban J connectivity index is 1.82. The van der Waals surface area contributed by atoms with Crippen LogP contribution in [0.15, 0.2) is 4.52 Å². The highest BCUT2D eigenvalue weighted by atomic mass is 16.5. The van der Waals surface area contributed by atoms with Gasteiger partial charge in [-0.3, -0.25) is 0 Å². The lowest BCUT2D eigenvalue weighted by molar-refractivity contribution is 0.0104. The molecule has 0 spiro atoms. The van der Waals surface area contributed by atoms with E-state index in [0.29, 0.717) is 31.0 Å². The van der Waals surface area contributed by atoms with Crippen LogP contribution in [-0.2, 0) is 21.4 Å². The molecule has 2 heterocycles. The molecule has 1 aromatic heterocycles. The maximum absolute atomic E-state index is 6.20. The second kappa shape index (κ2) is 7.87. The minimum atomic E-state index is -0.710. The number of nitrogens with zero attached hydrogens (tertiary/aromatic N) is 2. The van der Waals surface area contributed by atoms with Gasteiger partial charge < -0.3 is 19.7 Å². The van der Waals surface area contributed by atoms with Crippen molar-refractivity contribution in [1.82, 2.24) is 10.1 Å². The van der Waals surface area contributed by atoms with Gasteiger partial charge in [0.1, 0.15) is 5.54 Å². The van der Waals surface area contributed by atoms with Crippen molar-refractivity contribution in [1.29, 1.82) is 0 Å². The summed E-state index contributed by atoms with van der Waals surface area (Å²) in [5, 5.41) is 4.00. The van der Waals surface area contributed by atoms with Crippen LogP contribution in [0.25, 0.3) is 0 Å². The Bertz CT molecular complexity index is 414. The van der Waals surface area contributed by atoms with Crippen molar-refractivity contribution in [2.75, 3.05) is 19.8 Å². The first-order chi connectivity index (χ1) is 10.1. The van der Waals surface area contributed by atoms with Crippen molar-refractivity contribution in [2.24, 2.45) is 5.73 Å². The third-order valence-electron chi connectivity index (χ3n) is 3.68. The maximum atomic E-state index is 6.20. The summed E-state index contributed by atoms with van der Waals surface area (Å²) in [5.74, 6) is 1.14. The van der Waals surface area contributed by atoms with Crippen LogP contribution in [0.1, 0.15) is 57.7 Å². The fraction of sp³-hybridized carbons (Fsp3) is 0.867. The minimum absolute atomic E-state index is 0.325. The van der Waals surface area contributed by atoms with Gasteiger partial charge in [0.05, 0.1) is 12.7 Å². The fourth-order valence-corrected chi connectivity index (χ4v) is 2.40. The molecule has 2 atom stereocenters. The maximum Gasteiger partial charge on any atom is 0.226 e. The van der Waals surface area contributed by atoms with E-state index in [0.717, 1.165) is 32.3 Å². The van der Waals surface area contributed by atoms with Crippen LogP contribution in [0.4, 0.5) is 0 Å². The lowest BCUT2D eigenvalue weighted by Gasteiger charge is -2.21. The number of hydrogen-bond acceptors (Lipinski definition) is 6. The van der Waals surface area contributed by atoms with E-state index in [-0.39, 0.29) is 0 Å². The number of hydrogen-bond donors (Lipinski definition) is 1. The normalized spacial score (nSPS) is 22.1. The van der Waals surface area contributed by atoms with Gasteiger partial charge in [-0.2, -0.15) is 4.98 Å². The van der Waals surface area contributed by atoms with Gasteiger partial charge in [-0.1, -0.05) is 12.1 Å². The minimum Gasteiger partial charge on any atom is -0.379 e. The van der Waals surface area contributed by atoms with Crippen LogP contribution >= 0.6 is 0 Å². The third kappa shape index (κ3) is 5.05. The van der Waals surface area contributed by atoms with Crippen LogP contribution in [-0.4, -0.2) is 36.1 Å². The molecule has 2 rings (SSSR count). The topological polar surface area (TPSA) is 83.4 Å². The summed E-state index contributed by atoms with van der Waals surface area (Å²) in [4.78, 5) is 4.41.